The Labute approximate surface area is 148 Å². The van der Waals surface area contributed by atoms with Crippen molar-refractivity contribution in [1.29, 1.82) is 0 Å². The zero-order valence-electron chi connectivity index (χ0n) is 14.7. The number of carbonyl (C=O) groups is 1. The lowest BCUT2D eigenvalue weighted by atomic mass is 10.2. The van der Waals surface area contributed by atoms with Gasteiger partial charge >= 0.3 is 0 Å². The first-order valence-electron chi connectivity index (χ1n) is 8.85. The molecule has 2 fully saturated rings. The van der Waals surface area contributed by atoms with Crippen LogP contribution < -0.4 is 10.6 Å². The molecule has 2 N–H and O–H groups in total. The molecule has 136 valence electrons. The minimum atomic E-state index is -0.232. The quantitative estimate of drug-likeness (QED) is 0.644. The Morgan fingerprint density at radius 3 is 2.48 bits per heavy atom. The van der Waals surface area contributed by atoms with Crippen LogP contribution in [0.5, 0.6) is 0 Å². The van der Waals surface area contributed by atoms with E-state index >= 15 is 0 Å². The SMILES string of the molecule is CN(C(N)=NCCC(=O)N1CCN(c2ccc(F)cc2)CC1)C1CC1. The van der Waals surface area contributed by atoms with Crippen molar-refractivity contribution in [3.63, 3.8) is 0 Å². The highest BCUT2D eigenvalue weighted by atomic mass is 19.1. The summed E-state index contributed by atoms with van der Waals surface area (Å²) in [5, 5.41) is 0. The van der Waals surface area contributed by atoms with Crippen molar-refractivity contribution < 1.29 is 9.18 Å². The minimum Gasteiger partial charge on any atom is -0.370 e. The highest BCUT2D eigenvalue weighted by molar-refractivity contribution is 5.80. The van der Waals surface area contributed by atoms with Gasteiger partial charge in [-0.3, -0.25) is 9.79 Å². The Hall–Kier alpha value is -2.31. The van der Waals surface area contributed by atoms with E-state index in [0.717, 1.165) is 18.8 Å². The lowest BCUT2D eigenvalue weighted by Crippen LogP contribution is -2.49. The summed E-state index contributed by atoms with van der Waals surface area (Å²) in [5.74, 6) is 0.408. The van der Waals surface area contributed by atoms with E-state index in [4.69, 9.17) is 5.73 Å². The summed E-state index contributed by atoms with van der Waals surface area (Å²) in [6.07, 6.45) is 2.73. The zero-order valence-corrected chi connectivity index (χ0v) is 14.7. The van der Waals surface area contributed by atoms with Crippen molar-refractivity contribution in [2.75, 3.05) is 44.7 Å². The number of hydrogen-bond acceptors (Lipinski definition) is 3. The summed E-state index contributed by atoms with van der Waals surface area (Å²) in [7, 11) is 1.95. The summed E-state index contributed by atoms with van der Waals surface area (Å²) in [4.78, 5) is 22.7. The smallest absolute Gasteiger partial charge is 0.224 e. The number of nitrogens with two attached hydrogens (primary N) is 1. The first-order chi connectivity index (χ1) is 12.0. The van der Waals surface area contributed by atoms with Crippen molar-refractivity contribution in [2.24, 2.45) is 10.7 Å². The highest BCUT2D eigenvalue weighted by Crippen LogP contribution is 2.24. The molecule has 3 rings (SSSR count). The van der Waals surface area contributed by atoms with Gasteiger partial charge in [0, 0.05) is 51.4 Å². The maximum absolute atomic E-state index is 13.0. The van der Waals surface area contributed by atoms with E-state index in [0.29, 0.717) is 38.1 Å². The van der Waals surface area contributed by atoms with E-state index in [1.165, 1.54) is 25.0 Å². The third kappa shape index (κ3) is 4.61. The number of aliphatic imine (C=N–C) groups is 1. The second-order valence-electron chi connectivity index (χ2n) is 6.68. The van der Waals surface area contributed by atoms with Gasteiger partial charge in [0.25, 0.3) is 0 Å². The lowest BCUT2D eigenvalue weighted by Gasteiger charge is -2.36. The molecule has 1 aromatic rings. The Balaban J connectivity index is 1.42. The summed E-state index contributed by atoms with van der Waals surface area (Å²) in [6, 6.07) is 7.02. The van der Waals surface area contributed by atoms with Gasteiger partial charge in [0.2, 0.25) is 5.91 Å². The molecule has 1 aliphatic heterocycles. The third-order valence-corrected chi connectivity index (χ3v) is 4.88. The van der Waals surface area contributed by atoms with E-state index in [1.54, 1.807) is 12.1 Å². The molecule has 0 unspecified atom stereocenters. The molecule has 1 amide bonds. The fourth-order valence-electron chi connectivity index (χ4n) is 3.05. The predicted octanol–water partition coefficient (Wildman–Crippen LogP) is 1.27. The molecule has 7 heteroatoms. The summed E-state index contributed by atoms with van der Waals surface area (Å²) in [5.41, 5.74) is 6.93. The number of carbonyl (C=O) groups excluding carboxylic acids is 1. The van der Waals surface area contributed by atoms with Crippen molar-refractivity contribution in [3.05, 3.63) is 30.1 Å². The van der Waals surface area contributed by atoms with Gasteiger partial charge in [0.1, 0.15) is 5.82 Å². The van der Waals surface area contributed by atoms with Gasteiger partial charge in [-0.2, -0.15) is 0 Å². The van der Waals surface area contributed by atoms with Gasteiger partial charge in [0.05, 0.1) is 6.54 Å². The molecule has 0 atom stereocenters. The molecule has 2 aliphatic rings. The van der Waals surface area contributed by atoms with Crippen LogP contribution in [-0.2, 0) is 4.79 Å². The Kier molecular flexibility index (Phi) is 5.40. The minimum absolute atomic E-state index is 0.115. The molecule has 1 aliphatic carbocycles. The van der Waals surface area contributed by atoms with Gasteiger partial charge in [-0.1, -0.05) is 0 Å². The lowest BCUT2D eigenvalue weighted by molar-refractivity contribution is -0.131. The van der Waals surface area contributed by atoms with Crippen LogP contribution >= 0.6 is 0 Å². The molecule has 1 aromatic carbocycles. The first kappa shape index (κ1) is 17.5. The van der Waals surface area contributed by atoms with Crippen LogP contribution in [0.4, 0.5) is 10.1 Å². The van der Waals surface area contributed by atoms with Crippen LogP contribution in [0.1, 0.15) is 19.3 Å². The Morgan fingerprint density at radius 2 is 1.88 bits per heavy atom. The highest BCUT2D eigenvalue weighted by Gasteiger charge is 2.27. The van der Waals surface area contributed by atoms with Crippen molar-refractivity contribution in [2.45, 2.75) is 25.3 Å². The summed E-state index contributed by atoms with van der Waals surface area (Å²) >= 11 is 0. The van der Waals surface area contributed by atoms with Crippen LogP contribution in [-0.4, -0.2) is 67.5 Å². The molecule has 0 radical (unpaired) electrons. The molecular weight excluding hydrogens is 321 g/mol. The number of guanidine groups is 1. The topological polar surface area (TPSA) is 65.2 Å². The van der Waals surface area contributed by atoms with Crippen molar-refractivity contribution >= 4 is 17.6 Å². The van der Waals surface area contributed by atoms with Crippen LogP contribution in [0, 0.1) is 5.82 Å². The summed E-state index contributed by atoms with van der Waals surface area (Å²) in [6.45, 7) is 3.30. The molecule has 0 bridgehead atoms. The number of rotatable bonds is 5. The molecule has 1 saturated carbocycles. The molecule has 1 heterocycles. The normalized spacial score (nSPS) is 18.4. The van der Waals surface area contributed by atoms with E-state index in [1.807, 2.05) is 16.8 Å². The number of nitrogens with zero attached hydrogens (tertiary/aromatic N) is 4. The molecule has 25 heavy (non-hydrogen) atoms. The van der Waals surface area contributed by atoms with Crippen LogP contribution in [0.25, 0.3) is 0 Å². The molecule has 1 saturated heterocycles. The van der Waals surface area contributed by atoms with Gasteiger partial charge < -0.3 is 20.4 Å². The van der Waals surface area contributed by atoms with Crippen molar-refractivity contribution in [1.82, 2.24) is 9.80 Å². The Morgan fingerprint density at radius 1 is 1.24 bits per heavy atom. The summed E-state index contributed by atoms with van der Waals surface area (Å²) < 4.78 is 13.0. The average Bonchev–Trinajstić information content (AvgIpc) is 3.47. The fraction of sp³-hybridized carbons (Fsp3) is 0.556. The van der Waals surface area contributed by atoms with Crippen LogP contribution in [0.2, 0.25) is 0 Å². The maximum Gasteiger partial charge on any atom is 0.224 e. The molecule has 6 nitrogen and oxygen atoms in total. The number of piperazine rings is 1. The number of halogens is 1. The number of benzene rings is 1. The standard InChI is InChI=1S/C18H26FN5O/c1-22(15-6-7-15)18(20)21-9-8-17(25)24-12-10-23(11-13-24)16-4-2-14(19)3-5-16/h2-5,15H,6-13H2,1H3,(H2,20,21). The monoisotopic (exact) mass is 347 g/mol. The molecule has 0 aromatic heterocycles. The van der Waals surface area contributed by atoms with Crippen LogP contribution in [0.3, 0.4) is 0 Å². The van der Waals surface area contributed by atoms with E-state index in [9.17, 15) is 9.18 Å². The second-order valence-corrected chi connectivity index (χ2v) is 6.68. The zero-order chi connectivity index (χ0) is 17.8. The van der Waals surface area contributed by atoms with Gasteiger partial charge in [0.15, 0.2) is 5.96 Å². The van der Waals surface area contributed by atoms with E-state index < -0.39 is 0 Å². The predicted molar refractivity (Wildman–Crippen MR) is 97.1 cm³/mol. The van der Waals surface area contributed by atoms with E-state index in [-0.39, 0.29) is 11.7 Å². The van der Waals surface area contributed by atoms with Gasteiger partial charge in [-0.25, -0.2) is 4.39 Å². The number of amides is 1. The van der Waals surface area contributed by atoms with Crippen LogP contribution in [0.15, 0.2) is 29.3 Å². The number of anilines is 1. The molecule has 0 spiro atoms. The third-order valence-electron chi connectivity index (χ3n) is 4.88. The number of hydrogen-bond donors (Lipinski definition) is 1. The van der Waals surface area contributed by atoms with E-state index in [2.05, 4.69) is 9.89 Å². The fourth-order valence-corrected chi connectivity index (χ4v) is 3.05. The second kappa shape index (κ2) is 7.72. The van der Waals surface area contributed by atoms with Gasteiger partial charge in [-0.15, -0.1) is 0 Å². The average molecular weight is 347 g/mol. The largest absolute Gasteiger partial charge is 0.370 e. The Bertz CT molecular complexity index is 621. The van der Waals surface area contributed by atoms with Crippen molar-refractivity contribution in [3.8, 4) is 0 Å². The van der Waals surface area contributed by atoms with Gasteiger partial charge in [-0.05, 0) is 37.1 Å². The first-order valence-corrected chi connectivity index (χ1v) is 8.85. The molecular formula is C18H26FN5O. The maximum atomic E-state index is 13.0.